The fraction of sp³-hybridized carbons (Fsp3) is 0.545. The second kappa shape index (κ2) is 8.13. The molecule has 0 bridgehead atoms. The molecule has 5 rings (SSSR count). The molecule has 0 atom stereocenters. The number of hydrogen-bond acceptors (Lipinski definition) is 5. The van der Waals surface area contributed by atoms with Crippen molar-refractivity contribution in [1.29, 1.82) is 0 Å². The van der Waals surface area contributed by atoms with Crippen molar-refractivity contribution in [1.82, 2.24) is 24.1 Å². The molecule has 7 heteroatoms. The monoisotopic (exact) mass is 411 g/mol. The number of aromatic nitrogens is 4. The van der Waals surface area contributed by atoms with Gasteiger partial charge in [0.25, 0.3) is 0 Å². The maximum atomic E-state index is 5.48. The van der Waals surface area contributed by atoms with E-state index in [0.717, 1.165) is 48.2 Å². The zero-order chi connectivity index (χ0) is 19.8. The molecule has 154 valence electrons. The normalized spacial score (nSPS) is 23.7. The zero-order valence-corrected chi connectivity index (χ0v) is 17.8. The SMILES string of the molecule is Cn1cc(-c2cn(S)c3ncc([C@H]4CC[C@H](NC5CCOCC5)CC4)cc23)cn1. The zero-order valence-electron chi connectivity index (χ0n) is 16.9. The summed E-state index contributed by atoms with van der Waals surface area (Å²) in [6.45, 7) is 1.81. The van der Waals surface area contributed by atoms with E-state index in [1.165, 1.54) is 31.2 Å². The Morgan fingerprint density at radius 2 is 1.79 bits per heavy atom. The van der Waals surface area contributed by atoms with Gasteiger partial charge in [-0.25, -0.2) is 4.98 Å². The molecule has 2 fully saturated rings. The number of thiol groups is 1. The molecule has 0 radical (unpaired) electrons. The highest BCUT2D eigenvalue weighted by Crippen LogP contribution is 2.37. The second-order valence-corrected chi connectivity index (χ2v) is 8.96. The van der Waals surface area contributed by atoms with Crippen LogP contribution in [0.5, 0.6) is 0 Å². The van der Waals surface area contributed by atoms with Gasteiger partial charge in [0.05, 0.1) is 6.20 Å². The second-order valence-electron chi connectivity index (χ2n) is 8.53. The molecule has 1 aliphatic carbocycles. The largest absolute Gasteiger partial charge is 0.381 e. The number of fused-ring (bicyclic) bond motifs is 1. The third-order valence-corrected chi connectivity index (χ3v) is 6.86. The summed E-state index contributed by atoms with van der Waals surface area (Å²) in [5, 5.41) is 9.36. The van der Waals surface area contributed by atoms with Crippen LogP contribution in [0.2, 0.25) is 0 Å². The highest BCUT2D eigenvalue weighted by molar-refractivity contribution is 7.78. The molecular weight excluding hydrogens is 382 g/mol. The minimum atomic E-state index is 0.588. The Bertz CT molecular complexity index is 982. The number of pyridine rings is 1. The molecule has 0 spiro atoms. The number of nitrogens with zero attached hydrogens (tertiary/aromatic N) is 4. The first-order chi connectivity index (χ1) is 14.2. The van der Waals surface area contributed by atoms with Crippen molar-refractivity contribution in [2.75, 3.05) is 13.2 Å². The smallest absolute Gasteiger partial charge is 0.150 e. The van der Waals surface area contributed by atoms with Gasteiger partial charge >= 0.3 is 0 Å². The maximum Gasteiger partial charge on any atom is 0.150 e. The fourth-order valence-electron chi connectivity index (χ4n) is 4.91. The van der Waals surface area contributed by atoms with Gasteiger partial charge in [0.1, 0.15) is 5.65 Å². The summed E-state index contributed by atoms with van der Waals surface area (Å²) in [5.41, 5.74) is 4.51. The van der Waals surface area contributed by atoms with E-state index in [-0.39, 0.29) is 0 Å². The summed E-state index contributed by atoms with van der Waals surface area (Å²) in [4.78, 5) is 4.75. The molecular formula is C22H29N5OS. The van der Waals surface area contributed by atoms with Crippen LogP contribution in [0.15, 0.2) is 30.9 Å². The molecule has 1 saturated carbocycles. The molecule has 2 aliphatic rings. The van der Waals surface area contributed by atoms with E-state index >= 15 is 0 Å². The van der Waals surface area contributed by atoms with Crippen LogP contribution in [0.1, 0.15) is 50.0 Å². The molecule has 0 aromatic carbocycles. The summed E-state index contributed by atoms with van der Waals surface area (Å²) in [6, 6.07) is 3.62. The Morgan fingerprint density at radius 1 is 1.03 bits per heavy atom. The predicted molar refractivity (Wildman–Crippen MR) is 118 cm³/mol. The first-order valence-corrected chi connectivity index (χ1v) is 11.1. The van der Waals surface area contributed by atoms with Crippen molar-refractivity contribution in [2.45, 2.75) is 56.5 Å². The molecule has 0 unspecified atom stereocenters. The Labute approximate surface area is 177 Å². The van der Waals surface area contributed by atoms with Crippen LogP contribution in [0.3, 0.4) is 0 Å². The summed E-state index contributed by atoms with van der Waals surface area (Å²) < 4.78 is 9.13. The van der Waals surface area contributed by atoms with Crippen molar-refractivity contribution < 1.29 is 4.74 Å². The molecule has 1 N–H and O–H groups in total. The third kappa shape index (κ3) is 3.96. The molecule has 3 aromatic rings. The summed E-state index contributed by atoms with van der Waals surface area (Å²) in [6.07, 6.45) is 15.3. The lowest BCUT2D eigenvalue weighted by molar-refractivity contribution is 0.0729. The van der Waals surface area contributed by atoms with Gasteiger partial charge in [-0.2, -0.15) is 5.10 Å². The molecule has 1 saturated heterocycles. The van der Waals surface area contributed by atoms with Crippen molar-refractivity contribution in [3.63, 3.8) is 0 Å². The van der Waals surface area contributed by atoms with E-state index in [0.29, 0.717) is 18.0 Å². The average Bonchev–Trinajstić information content (AvgIpc) is 3.32. The van der Waals surface area contributed by atoms with Crippen LogP contribution in [-0.2, 0) is 11.8 Å². The van der Waals surface area contributed by atoms with Crippen molar-refractivity contribution in [3.05, 3.63) is 36.4 Å². The van der Waals surface area contributed by atoms with Crippen LogP contribution < -0.4 is 5.32 Å². The van der Waals surface area contributed by atoms with Gasteiger partial charge in [0.2, 0.25) is 0 Å². The minimum absolute atomic E-state index is 0.588. The lowest BCUT2D eigenvalue weighted by atomic mass is 9.81. The van der Waals surface area contributed by atoms with E-state index in [1.807, 2.05) is 34.3 Å². The Morgan fingerprint density at radius 3 is 2.52 bits per heavy atom. The van der Waals surface area contributed by atoms with Gasteiger partial charge in [0, 0.05) is 67.4 Å². The molecule has 0 amide bonds. The Hall–Kier alpha value is -1.83. The number of hydrogen-bond donors (Lipinski definition) is 2. The van der Waals surface area contributed by atoms with Crippen LogP contribution in [0, 0.1) is 0 Å². The van der Waals surface area contributed by atoms with Gasteiger partial charge in [-0.05, 0) is 56.1 Å². The predicted octanol–water partition coefficient (Wildman–Crippen LogP) is 3.92. The summed E-state index contributed by atoms with van der Waals surface area (Å²) >= 11 is 4.57. The molecule has 6 nitrogen and oxygen atoms in total. The Kier molecular flexibility index (Phi) is 5.37. The third-order valence-electron chi connectivity index (χ3n) is 6.55. The van der Waals surface area contributed by atoms with Gasteiger partial charge in [-0.3, -0.25) is 8.65 Å². The van der Waals surface area contributed by atoms with Gasteiger partial charge in [-0.15, -0.1) is 0 Å². The topological polar surface area (TPSA) is 56.9 Å². The van der Waals surface area contributed by atoms with E-state index in [1.54, 1.807) is 0 Å². The molecule has 1 aliphatic heterocycles. The van der Waals surface area contributed by atoms with Gasteiger partial charge in [0.15, 0.2) is 0 Å². The lowest BCUT2D eigenvalue weighted by Crippen LogP contribution is -2.43. The average molecular weight is 412 g/mol. The van der Waals surface area contributed by atoms with Crippen molar-refractivity contribution in [2.24, 2.45) is 7.05 Å². The maximum absolute atomic E-state index is 5.48. The number of nitrogens with one attached hydrogen (secondary N) is 1. The molecule has 4 heterocycles. The van der Waals surface area contributed by atoms with Crippen molar-refractivity contribution >= 4 is 23.8 Å². The summed E-state index contributed by atoms with van der Waals surface area (Å²) in [5.74, 6) is 0.588. The number of ether oxygens (including phenoxy) is 1. The van der Waals surface area contributed by atoms with Gasteiger partial charge < -0.3 is 10.1 Å². The fourth-order valence-corrected chi connectivity index (χ4v) is 5.19. The number of rotatable bonds is 4. The quantitative estimate of drug-likeness (QED) is 0.639. The first kappa shape index (κ1) is 19.2. The first-order valence-electron chi connectivity index (χ1n) is 10.7. The van der Waals surface area contributed by atoms with E-state index in [4.69, 9.17) is 9.72 Å². The van der Waals surface area contributed by atoms with E-state index < -0.39 is 0 Å². The number of aryl methyl sites for hydroxylation is 1. The van der Waals surface area contributed by atoms with Crippen LogP contribution >= 0.6 is 12.8 Å². The van der Waals surface area contributed by atoms with E-state index in [2.05, 4.69) is 35.5 Å². The van der Waals surface area contributed by atoms with Crippen LogP contribution in [0.25, 0.3) is 22.2 Å². The highest BCUT2D eigenvalue weighted by atomic mass is 32.1. The minimum Gasteiger partial charge on any atom is -0.381 e. The molecule has 29 heavy (non-hydrogen) atoms. The van der Waals surface area contributed by atoms with Crippen LogP contribution in [0.4, 0.5) is 0 Å². The van der Waals surface area contributed by atoms with Crippen molar-refractivity contribution in [3.8, 4) is 11.1 Å². The highest BCUT2D eigenvalue weighted by Gasteiger charge is 2.26. The van der Waals surface area contributed by atoms with Gasteiger partial charge in [-0.1, -0.05) is 12.8 Å². The van der Waals surface area contributed by atoms with E-state index in [9.17, 15) is 0 Å². The molecule has 3 aromatic heterocycles. The lowest BCUT2D eigenvalue weighted by Gasteiger charge is -2.33. The summed E-state index contributed by atoms with van der Waals surface area (Å²) in [7, 11) is 1.94. The standard InChI is InChI=1S/C22H29N5OS/c1-26-13-17(12-24-26)21-14-27(29)22-20(21)10-16(11-23-22)15-2-4-18(5-3-15)25-19-6-8-28-9-7-19/h10-15,18-19,25,29H,2-9H2,1H3/t15-,18-. The Balaban J connectivity index is 1.32. The van der Waals surface area contributed by atoms with Crippen LogP contribution in [-0.4, -0.2) is 44.0 Å².